The molecule has 2 fully saturated rings. The Morgan fingerprint density at radius 3 is 2.81 bits per heavy atom. The summed E-state index contributed by atoms with van der Waals surface area (Å²) in [6.07, 6.45) is 1.41. The maximum absolute atomic E-state index is 11.3. The molecular weight excluding hydrogens is 438 g/mol. The van der Waals surface area contributed by atoms with Gasteiger partial charge in [0.1, 0.15) is 24.1 Å². The van der Waals surface area contributed by atoms with Crippen LogP contribution < -0.4 is 15.2 Å². The maximum atomic E-state index is 11.3. The number of rotatable bonds is 5. The Kier molecular flexibility index (Phi) is 4.16. The van der Waals surface area contributed by atoms with Gasteiger partial charge in [0, 0.05) is 0 Å². The van der Waals surface area contributed by atoms with Crippen molar-refractivity contribution in [2.45, 2.75) is 49.0 Å². The lowest BCUT2D eigenvalue weighted by Crippen LogP contribution is -2.44. The Bertz CT molecular complexity index is 1330. The molecule has 0 spiro atoms. The number of imidazole rings is 1. The van der Waals surface area contributed by atoms with Gasteiger partial charge in [0.2, 0.25) is 0 Å². The zero-order valence-electron chi connectivity index (χ0n) is 16.7. The number of anilines is 1. The molecule has 32 heavy (non-hydrogen) atoms. The molecule has 1 saturated heterocycles. The number of nitrogens with zero attached hydrogens (tertiary/aromatic N) is 4. The molecule has 1 aromatic carbocycles. The van der Waals surface area contributed by atoms with E-state index in [0.717, 1.165) is 12.8 Å². The standard InChI is InChI=1S/C19H21N7O5S/c20-32(29,30)25-13-15-19(13,28)14(27)18(31-15)26-8-23-12-16(21-7-22-17(12)26)24-11-6-5-9-3-1-2-4-10(9)11/h1-4,7-8,11,13-15,18,25,27-28H,5-6H2,(H2,20,29,30)(H,21,22,24)/t11-,13?,14-,15+,18+,19-/m0/s1. The second-order valence-electron chi connectivity index (χ2n) is 8.40. The summed E-state index contributed by atoms with van der Waals surface area (Å²) in [4.78, 5) is 13.0. The lowest BCUT2D eigenvalue weighted by molar-refractivity contribution is -0.0685. The van der Waals surface area contributed by atoms with Crippen molar-refractivity contribution in [3.8, 4) is 0 Å². The van der Waals surface area contributed by atoms with Crippen LogP contribution >= 0.6 is 0 Å². The van der Waals surface area contributed by atoms with Crippen LogP contribution in [0.5, 0.6) is 0 Å². The summed E-state index contributed by atoms with van der Waals surface area (Å²) < 4.78 is 31.9. The highest BCUT2D eigenvalue weighted by molar-refractivity contribution is 7.87. The normalized spacial score (nSPS) is 33.3. The average molecular weight is 459 g/mol. The third kappa shape index (κ3) is 2.86. The number of aromatic nitrogens is 4. The van der Waals surface area contributed by atoms with Crippen LogP contribution in [-0.4, -0.2) is 62.0 Å². The number of aliphatic hydroxyl groups excluding tert-OH is 1. The van der Waals surface area contributed by atoms with Crippen molar-refractivity contribution in [2.24, 2.45) is 5.14 Å². The first kappa shape index (κ1) is 20.0. The van der Waals surface area contributed by atoms with Crippen molar-refractivity contribution in [1.82, 2.24) is 24.2 Å². The number of nitrogens with two attached hydrogens (primary N) is 1. The van der Waals surface area contributed by atoms with E-state index in [0.29, 0.717) is 17.0 Å². The Morgan fingerprint density at radius 2 is 2.06 bits per heavy atom. The largest absolute Gasteiger partial charge is 0.385 e. The number of nitrogens with one attached hydrogen (secondary N) is 2. The molecule has 2 aromatic heterocycles. The lowest BCUT2D eigenvalue weighted by Gasteiger charge is -2.23. The molecule has 6 atom stereocenters. The van der Waals surface area contributed by atoms with Gasteiger partial charge in [0.15, 0.2) is 23.2 Å². The van der Waals surface area contributed by atoms with E-state index in [4.69, 9.17) is 9.88 Å². The van der Waals surface area contributed by atoms with Gasteiger partial charge in [-0.2, -0.15) is 13.1 Å². The SMILES string of the molecule is NS(=O)(=O)NC1[C@H]2O[C@@H](n3cnc4c(N[C@H]5CCc6ccccc65)ncnc43)[C@H](O)[C@@]12O. The van der Waals surface area contributed by atoms with E-state index in [1.165, 1.54) is 28.3 Å². The number of fused-ring (bicyclic) bond motifs is 3. The van der Waals surface area contributed by atoms with E-state index in [9.17, 15) is 18.6 Å². The van der Waals surface area contributed by atoms with E-state index >= 15 is 0 Å². The maximum Gasteiger partial charge on any atom is 0.274 e. The van der Waals surface area contributed by atoms with E-state index in [1.807, 2.05) is 12.1 Å². The Balaban J connectivity index is 1.27. The third-order valence-electron chi connectivity index (χ3n) is 6.55. The monoisotopic (exact) mass is 459 g/mol. The number of hydrogen-bond acceptors (Lipinski definition) is 9. The minimum Gasteiger partial charge on any atom is -0.385 e. The number of hydrogen-bond donors (Lipinski definition) is 5. The Labute approximate surface area is 182 Å². The molecule has 1 aliphatic heterocycles. The molecule has 3 aliphatic rings. The molecule has 168 valence electrons. The third-order valence-corrected chi connectivity index (χ3v) is 7.13. The molecular formula is C19H21N7O5S. The zero-order chi connectivity index (χ0) is 22.3. The van der Waals surface area contributed by atoms with Crippen molar-refractivity contribution in [3.63, 3.8) is 0 Å². The summed E-state index contributed by atoms with van der Waals surface area (Å²) in [6.45, 7) is 0. The van der Waals surface area contributed by atoms with Gasteiger partial charge in [-0.3, -0.25) is 4.57 Å². The van der Waals surface area contributed by atoms with E-state index < -0.39 is 40.3 Å². The molecule has 12 nitrogen and oxygen atoms in total. The molecule has 6 N–H and O–H groups in total. The molecule has 2 aliphatic carbocycles. The van der Waals surface area contributed by atoms with Gasteiger partial charge in [-0.1, -0.05) is 24.3 Å². The molecule has 13 heteroatoms. The molecule has 6 rings (SSSR count). The van der Waals surface area contributed by atoms with E-state index in [1.54, 1.807) is 0 Å². The molecule has 1 unspecified atom stereocenters. The number of ether oxygens (including phenoxy) is 1. The van der Waals surface area contributed by atoms with Gasteiger partial charge in [0.25, 0.3) is 10.2 Å². The fraction of sp³-hybridized carbons (Fsp3) is 0.421. The fourth-order valence-electron chi connectivity index (χ4n) is 4.92. The Hall–Kier alpha value is -2.68. The van der Waals surface area contributed by atoms with Crippen LogP contribution in [0.1, 0.15) is 29.8 Å². The van der Waals surface area contributed by atoms with Gasteiger partial charge < -0.3 is 20.3 Å². The van der Waals surface area contributed by atoms with Gasteiger partial charge in [-0.25, -0.2) is 20.1 Å². The second kappa shape index (κ2) is 6.66. The van der Waals surface area contributed by atoms with Crippen LogP contribution in [0.25, 0.3) is 11.2 Å². The van der Waals surface area contributed by atoms with Crippen molar-refractivity contribution >= 4 is 27.2 Å². The number of benzene rings is 1. The van der Waals surface area contributed by atoms with Gasteiger partial charge >= 0.3 is 0 Å². The summed E-state index contributed by atoms with van der Waals surface area (Å²) in [5.41, 5.74) is 1.66. The smallest absolute Gasteiger partial charge is 0.274 e. The van der Waals surface area contributed by atoms with Crippen LogP contribution in [0.15, 0.2) is 36.9 Å². The minimum absolute atomic E-state index is 0.0983. The summed E-state index contributed by atoms with van der Waals surface area (Å²) >= 11 is 0. The highest BCUT2D eigenvalue weighted by atomic mass is 32.2. The average Bonchev–Trinajstić information content (AvgIpc) is 3.17. The number of aryl methyl sites for hydroxylation is 1. The molecule has 0 amide bonds. The molecule has 0 bridgehead atoms. The minimum atomic E-state index is -4.06. The highest BCUT2D eigenvalue weighted by Crippen LogP contribution is 2.54. The van der Waals surface area contributed by atoms with E-state index in [-0.39, 0.29) is 6.04 Å². The van der Waals surface area contributed by atoms with Crippen LogP contribution in [0.2, 0.25) is 0 Å². The van der Waals surface area contributed by atoms with Crippen molar-refractivity contribution in [2.75, 3.05) is 5.32 Å². The summed E-state index contributed by atoms with van der Waals surface area (Å²) in [6, 6.07) is 7.33. The van der Waals surface area contributed by atoms with Gasteiger partial charge in [-0.05, 0) is 24.0 Å². The van der Waals surface area contributed by atoms with Crippen LogP contribution in [0.3, 0.4) is 0 Å². The van der Waals surface area contributed by atoms with Crippen LogP contribution in [-0.2, 0) is 21.4 Å². The summed E-state index contributed by atoms with van der Waals surface area (Å²) in [5, 5.41) is 29.8. The van der Waals surface area contributed by atoms with Crippen molar-refractivity contribution in [1.29, 1.82) is 0 Å². The second-order valence-corrected chi connectivity index (χ2v) is 9.73. The lowest BCUT2D eigenvalue weighted by atomic mass is 10.1. The van der Waals surface area contributed by atoms with Crippen molar-refractivity contribution < 1.29 is 23.4 Å². The first-order valence-corrected chi connectivity index (χ1v) is 11.7. The predicted octanol–water partition coefficient (Wildman–Crippen LogP) is -0.910. The Morgan fingerprint density at radius 1 is 1.25 bits per heavy atom. The van der Waals surface area contributed by atoms with Crippen LogP contribution in [0, 0.1) is 0 Å². The topological polar surface area (TPSA) is 178 Å². The molecule has 1 saturated carbocycles. The molecule has 0 radical (unpaired) electrons. The summed E-state index contributed by atoms with van der Waals surface area (Å²) in [7, 11) is -4.06. The highest BCUT2D eigenvalue weighted by Gasteiger charge is 2.77. The molecule has 3 heterocycles. The van der Waals surface area contributed by atoms with Crippen molar-refractivity contribution in [3.05, 3.63) is 48.0 Å². The fourth-order valence-corrected chi connectivity index (χ4v) is 5.59. The van der Waals surface area contributed by atoms with Gasteiger partial charge in [-0.15, -0.1) is 0 Å². The first-order valence-electron chi connectivity index (χ1n) is 10.1. The van der Waals surface area contributed by atoms with Gasteiger partial charge in [0.05, 0.1) is 18.4 Å². The van der Waals surface area contributed by atoms with Crippen LogP contribution in [0.4, 0.5) is 5.82 Å². The first-order chi connectivity index (χ1) is 15.3. The quantitative estimate of drug-likeness (QED) is 0.323. The number of aliphatic hydroxyl groups is 2. The zero-order valence-corrected chi connectivity index (χ0v) is 17.5. The van der Waals surface area contributed by atoms with E-state index in [2.05, 4.69) is 37.1 Å². The predicted molar refractivity (Wildman–Crippen MR) is 111 cm³/mol. The molecule has 3 aromatic rings. The summed E-state index contributed by atoms with van der Waals surface area (Å²) in [5.74, 6) is 0.556.